The van der Waals surface area contributed by atoms with Crippen LogP contribution in [0.5, 0.6) is 0 Å². The van der Waals surface area contributed by atoms with Crippen molar-refractivity contribution in [2.75, 3.05) is 6.61 Å². The second-order valence-corrected chi connectivity index (χ2v) is 13.4. The Bertz CT molecular complexity index is 1360. The van der Waals surface area contributed by atoms with E-state index < -0.39 is 61.0 Å². The van der Waals surface area contributed by atoms with Crippen molar-refractivity contribution in [2.24, 2.45) is 16.3 Å². The van der Waals surface area contributed by atoms with Crippen LogP contribution in [0.3, 0.4) is 0 Å². The summed E-state index contributed by atoms with van der Waals surface area (Å²) < 4.78 is 54.3. The lowest BCUT2D eigenvalue weighted by molar-refractivity contribution is -0.153. The molecule has 1 aromatic heterocycles. The minimum absolute atomic E-state index is 0.0611. The molecule has 0 spiro atoms. The van der Waals surface area contributed by atoms with Crippen molar-refractivity contribution in [3.05, 3.63) is 41.7 Å². The highest BCUT2D eigenvalue weighted by molar-refractivity contribution is 7.51. The molecule has 0 bridgehead atoms. The number of aliphatic hydroxyl groups is 2. The third-order valence-corrected chi connectivity index (χ3v) is 8.99. The number of aromatic nitrogens is 2. The van der Waals surface area contributed by atoms with Crippen LogP contribution in [-0.2, 0) is 27.9 Å². The summed E-state index contributed by atoms with van der Waals surface area (Å²) >= 11 is 0. The first-order chi connectivity index (χ1) is 19.1. The van der Waals surface area contributed by atoms with Gasteiger partial charge in [-0.15, -0.1) is 5.10 Å². The molecule has 0 aromatic carbocycles. The molecule has 14 nitrogen and oxygen atoms in total. The van der Waals surface area contributed by atoms with Crippen molar-refractivity contribution in [1.82, 2.24) is 20.1 Å². The highest BCUT2D eigenvalue weighted by Gasteiger charge is 2.85. The molecular weight excluding hydrogens is 562 g/mol. The fourth-order valence-electron chi connectivity index (χ4n) is 4.95. The molecule has 1 aromatic rings. The van der Waals surface area contributed by atoms with E-state index in [0.29, 0.717) is 6.42 Å². The number of allylic oxidation sites excluding steroid dienone is 3. The molecular formula is C25H36FN6O8P. The molecule has 4 aliphatic rings. The molecule has 8 atom stereocenters. The maximum Gasteiger partial charge on any atom is 0.459 e. The first-order valence-electron chi connectivity index (χ1n) is 13.3. The monoisotopic (exact) mass is 598 g/mol. The number of fused-ring (bicyclic) bond motifs is 2. The number of ether oxygens (including phenoxy) is 2. The van der Waals surface area contributed by atoms with Crippen LogP contribution in [0.4, 0.5) is 4.39 Å². The summed E-state index contributed by atoms with van der Waals surface area (Å²) in [5.41, 5.74) is 0.400. The Balaban J connectivity index is 1.34. The highest BCUT2D eigenvalue weighted by atomic mass is 31.2. The molecule has 2 aliphatic heterocycles. The molecule has 2 aliphatic carbocycles. The van der Waals surface area contributed by atoms with E-state index in [1.807, 2.05) is 6.08 Å². The van der Waals surface area contributed by atoms with Gasteiger partial charge in [-0.05, 0) is 59.6 Å². The van der Waals surface area contributed by atoms with Crippen molar-refractivity contribution in [3.63, 3.8) is 0 Å². The summed E-state index contributed by atoms with van der Waals surface area (Å²) in [5, 5.41) is 30.9. The number of halogens is 1. The van der Waals surface area contributed by atoms with Crippen LogP contribution in [0.1, 0.15) is 71.3 Å². The second kappa shape index (κ2) is 10.2. The Morgan fingerprint density at radius 1 is 1.44 bits per heavy atom. The summed E-state index contributed by atoms with van der Waals surface area (Å²) in [6.45, 7) is 7.73. The summed E-state index contributed by atoms with van der Waals surface area (Å²) in [5.74, 6) is -0.230. The quantitative estimate of drug-likeness (QED) is 0.205. The van der Waals surface area contributed by atoms with Crippen molar-refractivity contribution in [1.29, 1.82) is 0 Å². The standard InChI is InChI=1S/C25H36FN6O8P/c1-13(12-37-21(34)23(2,3)4)31-41(36,39-14-9-7-6-8-10-14)40-18-17-25(18,35)24(5,26)16(38-17)15-11-28-19-20(33)29-22(27)30-32(15)19/h7,9-11,13,16-18,20,33,35H,6,8,12H2,1-5H3,(H,31,36)(H3,27,29,30)/t13-,16-,17+,18?,20?,24-,25-,41?/m0/s1. The molecule has 3 heterocycles. The maximum absolute atomic E-state index is 16.4. The zero-order valence-electron chi connectivity index (χ0n) is 23.4. The van der Waals surface area contributed by atoms with E-state index >= 15 is 4.39 Å². The molecule has 2 fully saturated rings. The van der Waals surface area contributed by atoms with Crippen molar-refractivity contribution in [3.8, 4) is 0 Å². The smallest absolute Gasteiger partial charge is 0.459 e. The summed E-state index contributed by atoms with van der Waals surface area (Å²) in [6.07, 6.45) is 2.69. The van der Waals surface area contributed by atoms with Crippen LogP contribution in [0.15, 0.2) is 35.3 Å². The Morgan fingerprint density at radius 2 is 2.17 bits per heavy atom. The van der Waals surface area contributed by atoms with Gasteiger partial charge in [-0.3, -0.25) is 9.32 Å². The Labute approximate surface area is 236 Å². The second-order valence-electron chi connectivity index (χ2n) is 11.8. The number of esters is 1. The predicted molar refractivity (Wildman–Crippen MR) is 142 cm³/mol. The normalized spacial score (nSPS) is 34.3. The molecule has 16 heteroatoms. The van der Waals surface area contributed by atoms with E-state index in [1.165, 1.54) is 6.20 Å². The Hall–Kier alpha value is -2.81. The first-order valence-corrected chi connectivity index (χ1v) is 14.8. The van der Waals surface area contributed by atoms with E-state index in [2.05, 4.69) is 20.5 Å². The van der Waals surface area contributed by atoms with Crippen LogP contribution < -0.4 is 16.1 Å². The molecule has 41 heavy (non-hydrogen) atoms. The molecule has 5 rings (SSSR count). The fraction of sp³-hybridized carbons (Fsp3) is 0.640. The lowest BCUT2D eigenvalue weighted by Crippen LogP contribution is -2.45. The van der Waals surface area contributed by atoms with Gasteiger partial charge in [-0.25, -0.2) is 23.7 Å². The van der Waals surface area contributed by atoms with Gasteiger partial charge in [0, 0.05) is 6.04 Å². The number of hydrogen-bond donors (Lipinski definition) is 5. The number of carbonyl (C=O) groups excluding carboxylic acids is 1. The zero-order chi connectivity index (χ0) is 30.0. The van der Waals surface area contributed by atoms with Crippen LogP contribution in [-0.4, -0.2) is 67.9 Å². The van der Waals surface area contributed by atoms with Crippen molar-refractivity contribution in [2.45, 2.75) is 89.3 Å². The van der Waals surface area contributed by atoms with Gasteiger partial charge in [0.25, 0.3) is 0 Å². The van der Waals surface area contributed by atoms with E-state index in [4.69, 9.17) is 24.3 Å². The summed E-state index contributed by atoms with van der Waals surface area (Å²) in [6, 6.07) is -0.694. The van der Waals surface area contributed by atoms with Gasteiger partial charge in [0.1, 0.15) is 30.7 Å². The van der Waals surface area contributed by atoms with Gasteiger partial charge in [-0.1, -0.05) is 6.08 Å². The van der Waals surface area contributed by atoms with Gasteiger partial charge in [0.05, 0.1) is 17.3 Å². The van der Waals surface area contributed by atoms with Crippen molar-refractivity contribution >= 4 is 19.7 Å². The van der Waals surface area contributed by atoms with Crippen LogP contribution in [0.25, 0.3) is 0 Å². The summed E-state index contributed by atoms with van der Waals surface area (Å²) in [4.78, 5) is 16.3. The fourth-order valence-corrected chi connectivity index (χ4v) is 6.70. The largest absolute Gasteiger partial charge is 0.464 e. The number of aliphatic hydroxyl groups excluding tert-OH is 1. The maximum atomic E-state index is 16.4. The average molecular weight is 599 g/mol. The van der Waals surface area contributed by atoms with Gasteiger partial charge in [0.15, 0.2) is 23.3 Å². The number of guanidine groups is 1. The number of carbonyl (C=O) groups is 1. The lowest BCUT2D eigenvalue weighted by Gasteiger charge is -2.32. The molecule has 0 radical (unpaired) electrons. The van der Waals surface area contributed by atoms with Crippen LogP contribution in [0.2, 0.25) is 0 Å². The highest BCUT2D eigenvalue weighted by Crippen LogP contribution is 2.67. The predicted octanol–water partition coefficient (Wildman–Crippen LogP) is 1.78. The zero-order valence-corrected chi connectivity index (χ0v) is 24.3. The minimum atomic E-state index is -4.27. The lowest BCUT2D eigenvalue weighted by atomic mass is 9.91. The van der Waals surface area contributed by atoms with E-state index in [-0.39, 0.29) is 29.8 Å². The van der Waals surface area contributed by atoms with Gasteiger partial charge in [0.2, 0.25) is 5.96 Å². The van der Waals surface area contributed by atoms with Gasteiger partial charge < -0.3 is 35.3 Å². The summed E-state index contributed by atoms with van der Waals surface area (Å²) in [7, 11) is -4.27. The third kappa shape index (κ3) is 5.30. The number of nitrogens with zero attached hydrogens (tertiary/aromatic N) is 3. The third-order valence-electron chi connectivity index (χ3n) is 7.28. The average Bonchev–Trinajstić information content (AvgIpc) is 3.13. The number of nitrogens with one attached hydrogen (secondary N) is 2. The van der Waals surface area contributed by atoms with Crippen LogP contribution >= 0.6 is 7.75 Å². The first kappa shape index (κ1) is 29.7. The number of imidazole rings is 1. The minimum Gasteiger partial charge on any atom is -0.464 e. The SMILES string of the molecule is C[C@@H](COC(=O)C(C)(C)C)NP(=O)(OC1=CCCC=C1)OC1[C@H]2O[C@@H](c3cnc4n3N=C(N)NC4O)[C@](C)(F)[C@@]12O. The van der Waals surface area contributed by atoms with Gasteiger partial charge >= 0.3 is 13.7 Å². The Kier molecular flexibility index (Phi) is 7.36. The van der Waals surface area contributed by atoms with E-state index in [9.17, 15) is 19.6 Å². The number of alkyl halides is 1. The molecule has 3 unspecified atom stereocenters. The number of nitrogens with two attached hydrogens (primary N) is 1. The molecule has 1 saturated carbocycles. The van der Waals surface area contributed by atoms with Crippen LogP contribution in [0, 0.1) is 5.41 Å². The molecule has 226 valence electrons. The molecule has 6 N–H and O–H groups in total. The molecule has 0 amide bonds. The van der Waals surface area contributed by atoms with Gasteiger partial charge in [-0.2, -0.15) is 0 Å². The molecule has 1 saturated heterocycles. The Morgan fingerprint density at radius 3 is 2.78 bits per heavy atom. The van der Waals surface area contributed by atoms with E-state index in [1.54, 1.807) is 39.8 Å². The topological polar surface area (TPSA) is 192 Å². The van der Waals surface area contributed by atoms with Crippen molar-refractivity contribution < 1.29 is 42.5 Å². The number of hydrogen-bond acceptors (Lipinski definition) is 12. The number of rotatable bonds is 9. The van der Waals surface area contributed by atoms with E-state index in [0.717, 1.165) is 18.0 Å².